The molecule has 0 fully saturated rings. The minimum atomic E-state index is -3.77. The van der Waals surface area contributed by atoms with E-state index < -0.39 is 16.1 Å². The Morgan fingerprint density at radius 1 is 1.50 bits per heavy atom. The summed E-state index contributed by atoms with van der Waals surface area (Å²) in [4.78, 5) is 4.25. The maximum absolute atomic E-state index is 12.7. The molecule has 7 nitrogen and oxygen atoms in total. The number of hydrogen-bond acceptors (Lipinski definition) is 5. The van der Waals surface area contributed by atoms with Crippen LogP contribution < -0.4 is 5.32 Å². The highest BCUT2D eigenvalue weighted by molar-refractivity contribution is 7.89. The molecule has 0 radical (unpaired) electrons. The largest absolute Gasteiger partial charge is 0.395 e. The number of pyridine rings is 1. The smallest absolute Gasteiger partial charge is 0.262 e. The van der Waals surface area contributed by atoms with E-state index in [0.29, 0.717) is 5.65 Å². The van der Waals surface area contributed by atoms with E-state index in [1.54, 1.807) is 38.4 Å². The summed E-state index contributed by atoms with van der Waals surface area (Å²) in [5, 5.41) is 12.0. The van der Waals surface area contributed by atoms with Gasteiger partial charge >= 0.3 is 0 Å². The van der Waals surface area contributed by atoms with Crippen LogP contribution in [-0.4, -0.2) is 54.0 Å². The zero-order valence-electron chi connectivity index (χ0n) is 11.6. The van der Waals surface area contributed by atoms with Crippen LogP contribution in [0.4, 0.5) is 5.82 Å². The van der Waals surface area contributed by atoms with Crippen molar-refractivity contribution in [2.45, 2.75) is 18.0 Å². The van der Waals surface area contributed by atoms with E-state index in [-0.39, 0.29) is 17.5 Å². The first kappa shape index (κ1) is 14.8. The van der Waals surface area contributed by atoms with Gasteiger partial charge in [0.1, 0.15) is 5.65 Å². The molecule has 2 aromatic rings. The lowest BCUT2D eigenvalue weighted by Gasteiger charge is -2.22. The molecule has 0 aliphatic rings. The number of aromatic nitrogens is 2. The fraction of sp³-hybridized carbons (Fsp3) is 0.417. The lowest BCUT2D eigenvalue weighted by Crippen LogP contribution is -2.38. The van der Waals surface area contributed by atoms with Gasteiger partial charge in [-0.05, 0) is 19.1 Å². The summed E-state index contributed by atoms with van der Waals surface area (Å²) >= 11 is 0. The third-order valence-electron chi connectivity index (χ3n) is 3.23. The van der Waals surface area contributed by atoms with Gasteiger partial charge in [-0.15, -0.1) is 0 Å². The van der Waals surface area contributed by atoms with Crippen LogP contribution in [0.5, 0.6) is 0 Å². The molecule has 0 aliphatic heterocycles. The van der Waals surface area contributed by atoms with Gasteiger partial charge in [0, 0.05) is 26.3 Å². The van der Waals surface area contributed by atoms with Crippen molar-refractivity contribution < 1.29 is 13.5 Å². The molecule has 2 N–H and O–H groups in total. The lowest BCUT2D eigenvalue weighted by molar-refractivity contribution is 0.213. The Balaban J connectivity index is 2.67. The van der Waals surface area contributed by atoms with Crippen LogP contribution >= 0.6 is 0 Å². The van der Waals surface area contributed by atoms with E-state index >= 15 is 0 Å². The van der Waals surface area contributed by atoms with E-state index in [0.717, 1.165) is 4.31 Å². The fourth-order valence-electron chi connectivity index (χ4n) is 1.87. The molecule has 8 heteroatoms. The van der Waals surface area contributed by atoms with E-state index in [4.69, 9.17) is 5.11 Å². The van der Waals surface area contributed by atoms with E-state index in [2.05, 4.69) is 10.3 Å². The van der Waals surface area contributed by atoms with Crippen LogP contribution in [0.15, 0.2) is 29.4 Å². The molecular formula is C12H18N4O3S. The Morgan fingerprint density at radius 3 is 2.80 bits per heavy atom. The third-order valence-corrected chi connectivity index (χ3v) is 5.23. The number of imidazole rings is 1. The van der Waals surface area contributed by atoms with Crippen molar-refractivity contribution in [2.75, 3.05) is 26.0 Å². The zero-order valence-corrected chi connectivity index (χ0v) is 12.4. The van der Waals surface area contributed by atoms with Crippen molar-refractivity contribution in [3.05, 3.63) is 24.4 Å². The van der Waals surface area contributed by atoms with Gasteiger partial charge in [0.05, 0.1) is 6.61 Å². The molecule has 2 rings (SSSR count). The highest BCUT2D eigenvalue weighted by atomic mass is 32.2. The Labute approximate surface area is 117 Å². The molecule has 1 atom stereocenters. The number of sulfonamides is 1. The standard InChI is InChI=1S/C12H18N4O3S/c1-9(8-17)15(3)20(18,19)12-11(13-2)14-10-6-4-5-7-16(10)12/h4-7,9,13,17H,8H2,1-3H3. The van der Waals surface area contributed by atoms with Gasteiger partial charge in [0.15, 0.2) is 10.8 Å². The summed E-state index contributed by atoms with van der Waals surface area (Å²) < 4.78 is 28.1. The first-order valence-electron chi connectivity index (χ1n) is 6.17. The van der Waals surface area contributed by atoms with Crippen molar-refractivity contribution in [3.63, 3.8) is 0 Å². The topological polar surface area (TPSA) is 86.9 Å². The molecule has 0 amide bonds. The molecule has 1 unspecified atom stereocenters. The van der Waals surface area contributed by atoms with E-state index in [1.807, 2.05) is 0 Å². The maximum atomic E-state index is 12.7. The monoisotopic (exact) mass is 298 g/mol. The number of aliphatic hydroxyl groups excluding tert-OH is 1. The summed E-state index contributed by atoms with van der Waals surface area (Å²) in [5.41, 5.74) is 0.542. The van der Waals surface area contributed by atoms with Crippen LogP contribution in [0.1, 0.15) is 6.92 Å². The Morgan fingerprint density at radius 2 is 2.20 bits per heavy atom. The highest BCUT2D eigenvalue weighted by Gasteiger charge is 2.31. The maximum Gasteiger partial charge on any atom is 0.262 e. The minimum Gasteiger partial charge on any atom is -0.395 e. The average molecular weight is 298 g/mol. The summed E-state index contributed by atoms with van der Waals surface area (Å²) in [7, 11) is -0.701. The van der Waals surface area contributed by atoms with Crippen molar-refractivity contribution in [1.82, 2.24) is 13.7 Å². The molecular weight excluding hydrogens is 280 g/mol. The number of anilines is 1. The quantitative estimate of drug-likeness (QED) is 0.833. The molecule has 0 saturated carbocycles. The number of rotatable bonds is 5. The van der Waals surface area contributed by atoms with Gasteiger partial charge in [0.2, 0.25) is 0 Å². The zero-order chi connectivity index (χ0) is 14.9. The second-order valence-corrected chi connectivity index (χ2v) is 6.41. The minimum absolute atomic E-state index is 0.0680. The van der Waals surface area contributed by atoms with Gasteiger partial charge in [-0.2, -0.15) is 4.31 Å². The van der Waals surface area contributed by atoms with Crippen LogP contribution in [0.3, 0.4) is 0 Å². The summed E-state index contributed by atoms with van der Waals surface area (Å²) in [6.45, 7) is 1.39. The third kappa shape index (κ3) is 2.26. The highest BCUT2D eigenvalue weighted by Crippen LogP contribution is 2.25. The molecule has 0 aliphatic carbocycles. The predicted molar refractivity (Wildman–Crippen MR) is 76.2 cm³/mol. The Bertz CT molecular complexity index is 711. The van der Waals surface area contributed by atoms with Gasteiger partial charge in [0.25, 0.3) is 10.0 Å². The van der Waals surface area contributed by atoms with Crippen LogP contribution in [0, 0.1) is 0 Å². The van der Waals surface area contributed by atoms with Crippen molar-refractivity contribution in [3.8, 4) is 0 Å². The van der Waals surface area contributed by atoms with Gasteiger partial charge in [-0.25, -0.2) is 13.4 Å². The van der Waals surface area contributed by atoms with E-state index in [9.17, 15) is 8.42 Å². The molecule has 2 heterocycles. The van der Waals surface area contributed by atoms with Crippen molar-refractivity contribution in [2.24, 2.45) is 0 Å². The van der Waals surface area contributed by atoms with Gasteiger partial charge in [-0.3, -0.25) is 4.40 Å². The molecule has 110 valence electrons. The SMILES string of the molecule is CNc1nc2ccccn2c1S(=O)(=O)N(C)C(C)CO. The average Bonchev–Trinajstić information content (AvgIpc) is 2.84. The number of nitrogens with zero attached hydrogens (tertiary/aromatic N) is 3. The summed E-state index contributed by atoms with van der Waals surface area (Å²) in [6.07, 6.45) is 1.65. The fourth-order valence-corrected chi connectivity index (χ4v) is 3.48. The molecule has 0 bridgehead atoms. The molecule has 0 saturated heterocycles. The molecule has 20 heavy (non-hydrogen) atoms. The van der Waals surface area contributed by atoms with Gasteiger partial charge in [-0.1, -0.05) is 6.07 Å². The second-order valence-electron chi connectivity index (χ2n) is 4.50. The summed E-state index contributed by atoms with van der Waals surface area (Å²) in [5.74, 6) is 0.285. The van der Waals surface area contributed by atoms with Gasteiger partial charge < -0.3 is 10.4 Å². The second kappa shape index (κ2) is 5.39. The number of likely N-dealkylation sites (N-methyl/N-ethyl adjacent to an activating group) is 1. The number of fused-ring (bicyclic) bond motifs is 1. The van der Waals surface area contributed by atoms with Crippen LogP contribution in [0.2, 0.25) is 0 Å². The number of aliphatic hydroxyl groups is 1. The van der Waals surface area contributed by atoms with Crippen molar-refractivity contribution >= 4 is 21.5 Å². The molecule has 0 spiro atoms. The predicted octanol–water partition coefficient (Wildman–Crippen LogP) is 0.377. The number of hydrogen-bond donors (Lipinski definition) is 2. The molecule has 0 aromatic carbocycles. The van der Waals surface area contributed by atoms with Crippen LogP contribution in [-0.2, 0) is 10.0 Å². The normalized spacial score (nSPS) is 13.8. The Kier molecular flexibility index (Phi) is 3.98. The molecule has 2 aromatic heterocycles. The van der Waals surface area contributed by atoms with Crippen molar-refractivity contribution in [1.29, 1.82) is 0 Å². The van der Waals surface area contributed by atoms with E-state index in [1.165, 1.54) is 11.4 Å². The first-order chi connectivity index (χ1) is 9.43. The van der Waals surface area contributed by atoms with Crippen LogP contribution in [0.25, 0.3) is 5.65 Å². The Hall–Kier alpha value is -1.64. The lowest BCUT2D eigenvalue weighted by atomic mass is 10.4. The number of nitrogens with one attached hydrogen (secondary N) is 1. The summed E-state index contributed by atoms with van der Waals surface area (Å²) in [6, 6.07) is 4.75. The first-order valence-corrected chi connectivity index (χ1v) is 7.61.